The summed E-state index contributed by atoms with van der Waals surface area (Å²) in [6.45, 7) is 1.89. The van der Waals surface area contributed by atoms with Gasteiger partial charge in [0.25, 0.3) is 0 Å². The molecule has 1 aliphatic rings. The molecule has 1 unspecified atom stereocenters. The number of anilines is 1. The molecule has 0 saturated heterocycles. The number of ether oxygens (including phenoxy) is 1. The van der Waals surface area contributed by atoms with E-state index in [1.54, 1.807) is 17.4 Å². The molecular weight excluding hydrogens is 438 g/mol. The number of hydrogen-bond acceptors (Lipinski definition) is 8. The molecule has 9 heteroatoms. The number of carbonyl (C=O) groups is 2. The second kappa shape index (κ2) is 10.1. The van der Waals surface area contributed by atoms with Crippen LogP contribution < -0.4 is 5.32 Å². The maximum absolute atomic E-state index is 12.6. The van der Waals surface area contributed by atoms with E-state index in [1.165, 1.54) is 13.4 Å². The van der Waals surface area contributed by atoms with E-state index >= 15 is 0 Å². The van der Waals surface area contributed by atoms with E-state index in [2.05, 4.69) is 15.3 Å². The van der Waals surface area contributed by atoms with Crippen molar-refractivity contribution in [2.24, 2.45) is 0 Å². The predicted molar refractivity (Wildman–Crippen MR) is 129 cm³/mol. The molecule has 0 fully saturated rings. The Balaban J connectivity index is 1.61. The summed E-state index contributed by atoms with van der Waals surface area (Å²) in [5.41, 5.74) is 1.93. The highest BCUT2D eigenvalue weighted by Gasteiger charge is 2.28. The van der Waals surface area contributed by atoms with Crippen LogP contribution >= 0.6 is 11.3 Å². The number of benzene rings is 1. The molecule has 3 aromatic rings. The van der Waals surface area contributed by atoms with Crippen LogP contribution in [0.4, 0.5) is 5.82 Å². The first kappa shape index (κ1) is 22.9. The molecule has 0 aliphatic carbocycles. The Morgan fingerprint density at radius 2 is 2.06 bits per heavy atom. The molecule has 8 nitrogen and oxygen atoms in total. The number of hydrogen-bond donors (Lipinski definition) is 1. The maximum Gasteiger partial charge on any atom is 0.333 e. The molecule has 1 N–H and O–H groups in total. The van der Waals surface area contributed by atoms with Crippen LogP contribution in [-0.2, 0) is 27.3 Å². The lowest BCUT2D eigenvalue weighted by Crippen LogP contribution is -2.34. The van der Waals surface area contributed by atoms with Crippen LogP contribution in [0, 0.1) is 0 Å². The van der Waals surface area contributed by atoms with E-state index in [1.807, 2.05) is 60.3 Å². The number of nitrogens with one attached hydrogen (secondary N) is 1. The zero-order valence-electron chi connectivity index (χ0n) is 18.9. The van der Waals surface area contributed by atoms with Crippen LogP contribution in [0.2, 0.25) is 0 Å². The van der Waals surface area contributed by atoms with E-state index in [9.17, 15) is 9.59 Å². The third-order valence-electron chi connectivity index (χ3n) is 5.53. The highest BCUT2D eigenvalue weighted by atomic mass is 32.1. The Hall–Kier alpha value is -3.30. The molecule has 0 saturated carbocycles. The molecule has 3 heterocycles. The minimum Gasteiger partial charge on any atom is -0.467 e. The summed E-state index contributed by atoms with van der Waals surface area (Å²) >= 11 is 1.57. The Morgan fingerprint density at radius 3 is 2.79 bits per heavy atom. The second-order valence-electron chi connectivity index (χ2n) is 8.09. The summed E-state index contributed by atoms with van der Waals surface area (Å²) in [4.78, 5) is 39.9. The maximum atomic E-state index is 12.6. The normalized spacial score (nSPS) is 14.5. The second-order valence-corrected chi connectivity index (χ2v) is 9.18. The van der Waals surface area contributed by atoms with Gasteiger partial charge in [0.2, 0.25) is 5.91 Å². The van der Waals surface area contributed by atoms with E-state index in [0.29, 0.717) is 25.3 Å². The van der Waals surface area contributed by atoms with Gasteiger partial charge in [-0.2, -0.15) is 0 Å². The minimum atomic E-state index is -0.687. The standard InChI is InChI=1S/C24H27N5O3S/c1-28(2)12-7-10-19(30)29-13-11-17-18(14-29)33-23-20(17)22(25-15-26-23)27-21(24(31)32-3)16-8-5-4-6-9-16/h4-10,15,21H,11-14H2,1-3H3,(H,25,26,27). The summed E-state index contributed by atoms with van der Waals surface area (Å²) in [6.07, 6.45) is 5.73. The quantitative estimate of drug-likeness (QED) is 0.424. The van der Waals surface area contributed by atoms with Crippen LogP contribution in [0.15, 0.2) is 48.8 Å². The molecule has 0 bridgehead atoms. The van der Waals surface area contributed by atoms with Gasteiger partial charge in [-0.3, -0.25) is 4.79 Å². The van der Waals surface area contributed by atoms with Crippen molar-refractivity contribution in [1.29, 1.82) is 0 Å². The zero-order chi connectivity index (χ0) is 23.4. The van der Waals surface area contributed by atoms with Crippen LogP contribution in [0.25, 0.3) is 10.2 Å². The lowest BCUT2D eigenvalue weighted by Gasteiger charge is -2.26. The van der Waals surface area contributed by atoms with Crippen molar-refractivity contribution in [1.82, 2.24) is 19.8 Å². The van der Waals surface area contributed by atoms with Crippen LogP contribution in [0.5, 0.6) is 0 Å². The lowest BCUT2D eigenvalue weighted by molar-refractivity contribution is -0.141. The fourth-order valence-electron chi connectivity index (χ4n) is 3.87. The molecule has 1 atom stereocenters. The van der Waals surface area contributed by atoms with Gasteiger partial charge in [0.15, 0.2) is 6.04 Å². The fourth-order valence-corrected chi connectivity index (χ4v) is 5.08. The van der Waals surface area contributed by atoms with Crippen LogP contribution in [-0.4, -0.2) is 65.9 Å². The van der Waals surface area contributed by atoms with Crippen molar-refractivity contribution in [2.45, 2.75) is 19.0 Å². The predicted octanol–water partition coefficient (Wildman–Crippen LogP) is 3.02. The summed E-state index contributed by atoms with van der Waals surface area (Å²) in [6, 6.07) is 8.74. The summed E-state index contributed by atoms with van der Waals surface area (Å²) in [5.74, 6) is 0.222. The Morgan fingerprint density at radius 1 is 1.27 bits per heavy atom. The highest BCUT2D eigenvalue weighted by Crippen LogP contribution is 2.38. The van der Waals surface area contributed by atoms with Crippen molar-refractivity contribution in [3.05, 3.63) is 64.8 Å². The Kier molecular flexibility index (Phi) is 7.00. The smallest absolute Gasteiger partial charge is 0.333 e. The first-order chi connectivity index (χ1) is 16.0. The summed E-state index contributed by atoms with van der Waals surface area (Å²) in [5, 5.41) is 4.20. The first-order valence-electron chi connectivity index (χ1n) is 10.7. The average Bonchev–Trinajstić information content (AvgIpc) is 3.20. The number of likely N-dealkylation sites (N-methyl/N-ethyl adjacent to an activating group) is 1. The zero-order valence-corrected chi connectivity index (χ0v) is 19.8. The topological polar surface area (TPSA) is 87.7 Å². The molecule has 1 aliphatic heterocycles. The van der Waals surface area contributed by atoms with E-state index in [-0.39, 0.29) is 5.91 Å². The van der Waals surface area contributed by atoms with E-state index in [0.717, 1.165) is 32.8 Å². The number of aromatic nitrogens is 2. The van der Waals surface area contributed by atoms with Gasteiger partial charge >= 0.3 is 5.97 Å². The molecular formula is C24H27N5O3S. The van der Waals surface area contributed by atoms with Crippen molar-refractivity contribution in [3.8, 4) is 0 Å². The number of rotatable bonds is 7. The minimum absolute atomic E-state index is 0.0132. The molecule has 0 spiro atoms. The fraction of sp³-hybridized carbons (Fsp3) is 0.333. The van der Waals surface area contributed by atoms with Gasteiger partial charge in [-0.15, -0.1) is 11.3 Å². The third kappa shape index (κ3) is 5.04. The molecule has 33 heavy (non-hydrogen) atoms. The largest absolute Gasteiger partial charge is 0.467 e. The van der Waals surface area contributed by atoms with Gasteiger partial charge in [0.1, 0.15) is 17.0 Å². The van der Waals surface area contributed by atoms with Gasteiger partial charge in [-0.05, 0) is 31.6 Å². The number of thiophene rings is 1. The molecule has 2 aromatic heterocycles. The Bertz CT molecular complexity index is 1180. The number of amides is 1. The number of esters is 1. The third-order valence-corrected chi connectivity index (χ3v) is 6.66. The van der Waals surface area contributed by atoms with Crippen LogP contribution in [0.1, 0.15) is 22.0 Å². The van der Waals surface area contributed by atoms with Crippen molar-refractivity contribution in [3.63, 3.8) is 0 Å². The first-order valence-corrected chi connectivity index (χ1v) is 11.5. The number of fused-ring (bicyclic) bond motifs is 3. The highest BCUT2D eigenvalue weighted by molar-refractivity contribution is 7.19. The molecule has 1 amide bonds. The van der Waals surface area contributed by atoms with Crippen molar-refractivity contribution < 1.29 is 14.3 Å². The van der Waals surface area contributed by atoms with Gasteiger partial charge in [-0.25, -0.2) is 14.8 Å². The molecule has 1 aromatic carbocycles. The van der Waals surface area contributed by atoms with E-state index < -0.39 is 12.0 Å². The molecule has 172 valence electrons. The number of nitrogens with zero attached hydrogens (tertiary/aromatic N) is 4. The summed E-state index contributed by atoms with van der Waals surface area (Å²) < 4.78 is 5.04. The number of carbonyl (C=O) groups excluding carboxylic acids is 2. The van der Waals surface area contributed by atoms with Gasteiger partial charge < -0.3 is 19.9 Å². The van der Waals surface area contributed by atoms with Crippen molar-refractivity contribution in [2.75, 3.05) is 39.6 Å². The Labute approximate surface area is 196 Å². The molecule has 0 radical (unpaired) electrons. The summed E-state index contributed by atoms with van der Waals surface area (Å²) in [7, 11) is 5.31. The average molecular weight is 466 g/mol. The van der Waals surface area contributed by atoms with Gasteiger partial charge in [0, 0.05) is 24.0 Å². The SMILES string of the molecule is COC(=O)C(Nc1ncnc2sc3c(c12)CCN(C(=O)C=CCN(C)C)C3)c1ccccc1. The van der Waals surface area contributed by atoms with E-state index in [4.69, 9.17) is 4.74 Å². The lowest BCUT2D eigenvalue weighted by atomic mass is 10.0. The monoisotopic (exact) mass is 465 g/mol. The van der Waals surface area contributed by atoms with Crippen LogP contribution in [0.3, 0.4) is 0 Å². The van der Waals surface area contributed by atoms with Crippen molar-refractivity contribution >= 4 is 39.2 Å². The number of methoxy groups -OCH3 is 1. The van der Waals surface area contributed by atoms with Gasteiger partial charge in [0.05, 0.1) is 19.0 Å². The van der Waals surface area contributed by atoms with Gasteiger partial charge in [-0.1, -0.05) is 36.4 Å². The molecule has 4 rings (SSSR count).